The van der Waals surface area contributed by atoms with Gasteiger partial charge in [-0.2, -0.15) is 0 Å². The predicted octanol–water partition coefficient (Wildman–Crippen LogP) is 1.26. The van der Waals surface area contributed by atoms with E-state index in [4.69, 9.17) is 4.74 Å². The van der Waals surface area contributed by atoms with E-state index < -0.39 is 0 Å². The summed E-state index contributed by atoms with van der Waals surface area (Å²) >= 11 is 0. The second-order valence-corrected chi connectivity index (χ2v) is 5.54. The number of carbonyl (C=O) groups excluding carboxylic acids is 1. The standard InChI is InChI=1S/C14H26N2O2/c1-2-9-18-11-12-5-8-16(10-12)14(17)13-3-6-15-7-4-13/h12-13,15H,2-11H2,1H3/t12-/m0/s1. The monoisotopic (exact) mass is 254 g/mol. The molecular formula is C14H26N2O2. The van der Waals surface area contributed by atoms with Crippen LogP contribution in [0.25, 0.3) is 0 Å². The first-order valence-corrected chi connectivity index (χ1v) is 7.38. The molecule has 0 aromatic heterocycles. The number of rotatable bonds is 5. The fourth-order valence-corrected chi connectivity index (χ4v) is 2.89. The number of nitrogens with zero attached hydrogens (tertiary/aromatic N) is 1. The molecule has 0 aliphatic carbocycles. The van der Waals surface area contributed by atoms with Crippen molar-refractivity contribution in [2.24, 2.45) is 11.8 Å². The third kappa shape index (κ3) is 3.69. The molecule has 0 aromatic carbocycles. The topological polar surface area (TPSA) is 41.6 Å². The molecule has 2 aliphatic heterocycles. The molecular weight excluding hydrogens is 228 g/mol. The maximum atomic E-state index is 12.3. The van der Waals surface area contributed by atoms with Crippen LogP contribution in [-0.2, 0) is 9.53 Å². The number of hydrogen-bond donors (Lipinski definition) is 1. The van der Waals surface area contributed by atoms with Crippen molar-refractivity contribution in [1.82, 2.24) is 10.2 Å². The normalized spacial score (nSPS) is 25.6. The summed E-state index contributed by atoms with van der Waals surface area (Å²) in [6.07, 6.45) is 4.20. The van der Waals surface area contributed by atoms with Gasteiger partial charge in [-0.1, -0.05) is 6.92 Å². The van der Waals surface area contributed by atoms with Gasteiger partial charge in [-0.05, 0) is 38.8 Å². The van der Waals surface area contributed by atoms with Gasteiger partial charge in [-0.25, -0.2) is 0 Å². The zero-order valence-electron chi connectivity index (χ0n) is 11.5. The fourth-order valence-electron chi connectivity index (χ4n) is 2.89. The van der Waals surface area contributed by atoms with Gasteiger partial charge >= 0.3 is 0 Å². The van der Waals surface area contributed by atoms with Crippen LogP contribution < -0.4 is 5.32 Å². The lowest BCUT2D eigenvalue weighted by Gasteiger charge is -2.26. The minimum atomic E-state index is 0.265. The summed E-state index contributed by atoms with van der Waals surface area (Å²) in [5.74, 6) is 1.21. The van der Waals surface area contributed by atoms with Crippen LogP contribution in [0, 0.1) is 11.8 Å². The first-order chi connectivity index (χ1) is 8.81. The molecule has 0 spiro atoms. The maximum absolute atomic E-state index is 12.3. The molecule has 2 rings (SSSR count). The largest absolute Gasteiger partial charge is 0.381 e. The molecule has 1 N–H and O–H groups in total. The van der Waals surface area contributed by atoms with Crippen LogP contribution >= 0.6 is 0 Å². The highest BCUT2D eigenvalue weighted by atomic mass is 16.5. The molecule has 0 aromatic rings. The van der Waals surface area contributed by atoms with Crippen molar-refractivity contribution in [2.75, 3.05) is 39.4 Å². The molecule has 4 nitrogen and oxygen atoms in total. The van der Waals surface area contributed by atoms with Crippen LogP contribution in [0.3, 0.4) is 0 Å². The number of ether oxygens (including phenoxy) is 1. The third-order valence-electron chi connectivity index (χ3n) is 3.99. The Morgan fingerprint density at radius 2 is 2.11 bits per heavy atom. The third-order valence-corrected chi connectivity index (χ3v) is 3.99. The van der Waals surface area contributed by atoms with Crippen LogP contribution in [0.2, 0.25) is 0 Å². The average Bonchev–Trinajstić information content (AvgIpc) is 2.88. The van der Waals surface area contributed by atoms with Gasteiger partial charge in [0.05, 0.1) is 6.61 Å². The molecule has 18 heavy (non-hydrogen) atoms. The Bertz CT molecular complexity index is 265. The lowest BCUT2D eigenvalue weighted by Crippen LogP contribution is -2.40. The van der Waals surface area contributed by atoms with E-state index in [0.29, 0.717) is 11.8 Å². The minimum Gasteiger partial charge on any atom is -0.381 e. The van der Waals surface area contributed by atoms with Crippen LogP contribution in [-0.4, -0.2) is 50.2 Å². The van der Waals surface area contributed by atoms with Crippen LogP contribution in [0.15, 0.2) is 0 Å². The van der Waals surface area contributed by atoms with E-state index in [1.54, 1.807) is 0 Å². The smallest absolute Gasteiger partial charge is 0.225 e. The van der Waals surface area contributed by atoms with Crippen molar-refractivity contribution in [3.8, 4) is 0 Å². The van der Waals surface area contributed by atoms with E-state index in [1.165, 1.54) is 0 Å². The van der Waals surface area contributed by atoms with E-state index in [9.17, 15) is 4.79 Å². The highest BCUT2D eigenvalue weighted by molar-refractivity contribution is 5.79. The zero-order chi connectivity index (χ0) is 12.8. The summed E-state index contributed by atoms with van der Waals surface area (Å²) in [6, 6.07) is 0. The quantitative estimate of drug-likeness (QED) is 0.751. The van der Waals surface area contributed by atoms with Crippen LogP contribution in [0.1, 0.15) is 32.6 Å². The Labute approximate surface area is 110 Å². The van der Waals surface area contributed by atoms with E-state index >= 15 is 0 Å². The second kappa shape index (κ2) is 7.10. The molecule has 2 heterocycles. The van der Waals surface area contributed by atoms with Gasteiger partial charge in [-0.3, -0.25) is 4.79 Å². The van der Waals surface area contributed by atoms with Gasteiger partial charge in [-0.15, -0.1) is 0 Å². The summed E-state index contributed by atoms with van der Waals surface area (Å²) in [6.45, 7) is 7.63. The molecule has 0 radical (unpaired) electrons. The molecule has 104 valence electrons. The van der Waals surface area contributed by atoms with Crippen molar-refractivity contribution in [3.05, 3.63) is 0 Å². The summed E-state index contributed by atoms with van der Waals surface area (Å²) in [4.78, 5) is 14.4. The second-order valence-electron chi connectivity index (χ2n) is 5.54. The molecule has 2 aliphatic rings. The molecule has 1 atom stereocenters. The fraction of sp³-hybridized carbons (Fsp3) is 0.929. The number of carbonyl (C=O) groups is 1. The van der Waals surface area contributed by atoms with Gasteiger partial charge in [0.15, 0.2) is 0 Å². The number of piperidine rings is 1. The number of likely N-dealkylation sites (tertiary alicyclic amines) is 1. The molecule has 0 bridgehead atoms. The summed E-state index contributed by atoms with van der Waals surface area (Å²) < 4.78 is 5.59. The lowest BCUT2D eigenvalue weighted by molar-refractivity contribution is -0.135. The summed E-state index contributed by atoms with van der Waals surface area (Å²) in [5.41, 5.74) is 0. The Kier molecular flexibility index (Phi) is 5.45. The Balaban J connectivity index is 1.72. The average molecular weight is 254 g/mol. The van der Waals surface area contributed by atoms with E-state index in [-0.39, 0.29) is 5.92 Å². The van der Waals surface area contributed by atoms with Crippen molar-refractivity contribution in [3.63, 3.8) is 0 Å². The molecule has 0 unspecified atom stereocenters. The van der Waals surface area contributed by atoms with Crippen molar-refractivity contribution in [1.29, 1.82) is 0 Å². The Morgan fingerprint density at radius 3 is 2.83 bits per heavy atom. The first-order valence-electron chi connectivity index (χ1n) is 7.38. The first kappa shape index (κ1) is 13.8. The zero-order valence-corrected chi connectivity index (χ0v) is 11.5. The minimum absolute atomic E-state index is 0.265. The van der Waals surface area contributed by atoms with Gasteiger partial charge < -0.3 is 15.0 Å². The van der Waals surface area contributed by atoms with E-state index in [1.807, 2.05) is 0 Å². The summed E-state index contributed by atoms with van der Waals surface area (Å²) in [7, 11) is 0. The Morgan fingerprint density at radius 1 is 1.33 bits per heavy atom. The van der Waals surface area contributed by atoms with Gasteiger partial charge in [0.1, 0.15) is 0 Å². The van der Waals surface area contributed by atoms with E-state index in [2.05, 4.69) is 17.1 Å². The molecule has 2 fully saturated rings. The van der Waals surface area contributed by atoms with E-state index in [0.717, 1.165) is 65.1 Å². The highest BCUT2D eigenvalue weighted by Gasteiger charge is 2.31. The van der Waals surface area contributed by atoms with Gasteiger partial charge in [0, 0.05) is 31.5 Å². The SMILES string of the molecule is CCCOC[C@H]1CCN(C(=O)C2CCNCC2)C1. The van der Waals surface area contributed by atoms with Gasteiger partial charge in [0.2, 0.25) is 5.91 Å². The van der Waals surface area contributed by atoms with Crippen molar-refractivity contribution < 1.29 is 9.53 Å². The highest BCUT2D eigenvalue weighted by Crippen LogP contribution is 2.22. The molecule has 1 amide bonds. The maximum Gasteiger partial charge on any atom is 0.225 e. The lowest BCUT2D eigenvalue weighted by atomic mass is 9.97. The Hall–Kier alpha value is -0.610. The number of nitrogens with one attached hydrogen (secondary N) is 1. The van der Waals surface area contributed by atoms with Crippen molar-refractivity contribution in [2.45, 2.75) is 32.6 Å². The molecule has 4 heteroatoms. The van der Waals surface area contributed by atoms with Crippen LogP contribution in [0.5, 0.6) is 0 Å². The van der Waals surface area contributed by atoms with Crippen LogP contribution in [0.4, 0.5) is 0 Å². The van der Waals surface area contributed by atoms with Gasteiger partial charge in [0.25, 0.3) is 0 Å². The predicted molar refractivity (Wildman–Crippen MR) is 71.4 cm³/mol. The van der Waals surface area contributed by atoms with Crippen molar-refractivity contribution >= 4 is 5.91 Å². The number of hydrogen-bond acceptors (Lipinski definition) is 3. The molecule has 0 saturated carbocycles. The summed E-state index contributed by atoms with van der Waals surface area (Å²) in [5, 5.41) is 3.31. The molecule has 2 saturated heterocycles. The number of amides is 1.